The molecule has 16 heavy (non-hydrogen) atoms. The van der Waals surface area contributed by atoms with E-state index in [1.54, 1.807) is 0 Å². The van der Waals surface area contributed by atoms with Crippen LogP contribution in [0.15, 0.2) is 6.20 Å². The molecule has 7 nitrogen and oxygen atoms in total. The Labute approximate surface area is 108 Å². The zero-order valence-corrected chi connectivity index (χ0v) is 10.7. The molecule has 0 spiro atoms. The van der Waals surface area contributed by atoms with E-state index in [0.29, 0.717) is 6.54 Å². The topological polar surface area (TPSA) is 104 Å². The lowest BCUT2D eigenvalue weighted by atomic mass is 10.5. The Morgan fingerprint density at radius 2 is 2.00 bits per heavy atom. The van der Waals surface area contributed by atoms with Gasteiger partial charge in [-0.1, -0.05) is 0 Å². The molecule has 0 aliphatic heterocycles. The number of anilines is 1. The van der Waals surface area contributed by atoms with Crippen LogP contribution in [0.3, 0.4) is 0 Å². The highest BCUT2D eigenvalue weighted by atomic mass is 127. The second-order valence-corrected chi connectivity index (χ2v) is 2.80. The van der Waals surface area contributed by atoms with Crippen LogP contribution in [0.4, 0.5) is 5.95 Å². The minimum Gasteiger partial charge on any atom is -0.492 e. The first-order chi connectivity index (χ1) is 7.20. The highest BCUT2D eigenvalue weighted by molar-refractivity contribution is 14.0. The van der Waals surface area contributed by atoms with Gasteiger partial charge in [-0.15, -0.1) is 24.0 Å². The van der Waals surface area contributed by atoms with Gasteiger partial charge < -0.3 is 15.5 Å². The third kappa shape index (κ3) is 2.38. The van der Waals surface area contributed by atoms with Crippen LogP contribution in [-0.4, -0.2) is 36.7 Å². The van der Waals surface area contributed by atoms with Crippen LogP contribution in [0.5, 0.6) is 11.8 Å². The molecule has 0 fully saturated rings. The van der Waals surface area contributed by atoms with Crippen molar-refractivity contribution in [3.63, 3.8) is 0 Å². The highest BCUT2D eigenvalue weighted by Crippen LogP contribution is 2.20. The first kappa shape index (κ1) is 12.6. The number of hydrogen-bond acceptors (Lipinski definition) is 7. The average molecular weight is 335 g/mol. The summed E-state index contributed by atoms with van der Waals surface area (Å²) in [5.74, 6) is -0.306. The van der Waals surface area contributed by atoms with Crippen LogP contribution >= 0.6 is 24.0 Å². The summed E-state index contributed by atoms with van der Waals surface area (Å²) in [5.41, 5.74) is 0.313. The van der Waals surface area contributed by atoms with Gasteiger partial charge in [-0.2, -0.15) is 9.97 Å². The molecule has 2 heterocycles. The molecule has 0 saturated carbocycles. The van der Waals surface area contributed by atoms with E-state index in [-0.39, 0.29) is 52.8 Å². The number of rotatable bonds is 2. The standard InChI is InChI=1S/C8H9N5O2.HI/c1-2-9-8-12-6-5(7(15)13-8)11-4(14)3-10-6;/h3H,2H2,1H3,(H,11,14)(H2,9,10,12,13,15);1H. The third-order valence-electron chi connectivity index (χ3n) is 1.71. The first-order valence-corrected chi connectivity index (χ1v) is 4.37. The highest BCUT2D eigenvalue weighted by Gasteiger charge is 2.09. The number of hydrogen-bond donors (Lipinski definition) is 3. The Morgan fingerprint density at radius 1 is 1.25 bits per heavy atom. The molecule has 2 rings (SSSR count). The van der Waals surface area contributed by atoms with E-state index in [2.05, 4.69) is 25.3 Å². The van der Waals surface area contributed by atoms with Crippen molar-refractivity contribution in [2.75, 3.05) is 11.9 Å². The molecule has 0 aliphatic carbocycles. The van der Waals surface area contributed by atoms with E-state index in [0.717, 1.165) is 6.20 Å². The van der Waals surface area contributed by atoms with Gasteiger partial charge in [0, 0.05) is 6.54 Å². The largest absolute Gasteiger partial charge is 0.492 e. The maximum Gasteiger partial charge on any atom is 0.244 e. The van der Waals surface area contributed by atoms with Crippen molar-refractivity contribution in [1.29, 1.82) is 0 Å². The molecular weight excluding hydrogens is 325 g/mol. The predicted octanol–water partition coefficient (Wildman–Crippen LogP) is 0.881. The van der Waals surface area contributed by atoms with E-state index in [1.165, 1.54) is 0 Å². The summed E-state index contributed by atoms with van der Waals surface area (Å²) in [6.45, 7) is 2.52. The molecule has 2 aromatic heterocycles. The molecule has 8 heteroatoms. The number of aromatic hydroxyl groups is 2. The zero-order chi connectivity index (χ0) is 10.8. The molecule has 0 aliphatic rings. The van der Waals surface area contributed by atoms with Crippen molar-refractivity contribution in [3.05, 3.63) is 6.20 Å². The van der Waals surface area contributed by atoms with Crippen LogP contribution in [0, 0.1) is 0 Å². The molecule has 0 atom stereocenters. The number of nitrogens with zero attached hydrogens (tertiary/aromatic N) is 4. The molecule has 0 amide bonds. The zero-order valence-electron chi connectivity index (χ0n) is 8.38. The van der Waals surface area contributed by atoms with Gasteiger partial charge in [-0.25, -0.2) is 9.97 Å². The monoisotopic (exact) mass is 335 g/mol. The van der Waals surface area contributed by atoms with E-state index < -0.39 is 0 Å². The smallest absolute Gasteiger partial charge is 0.244 e. The maximum absolute atomic E-state index is 9.50. The predicted molar refractivity (Wildman–Crippen MR) is 68.0 cm³/mol. The summed E-state index contributed by atoms with van der Waals surface area (Å²) < 4.78 is 0. The van der Waals surface area contributed by atoms with Crippen molar-refractivity contribution in [1.82, 2.24) is 19.9 Å². The lowest BCUT2D eigenvalue weighted by molar-refractivity contribution is 0.443. The fraction of sp³-hybridized carbons (Fsp3) is 0.250. The van der Waals surface area contributed by atoms with Crippen molar-refractivity contribution >= 4 is 41.1 Å². The second-order valence-electron chi connectivity index (χ2n) is 2.80. The number of aromatic nitrogens is 4. The van der Waals surface area contributed by atoms with E-state index in [1.807, 2.05) is 6.92 Å². The van der Waals surface area contributed by atoms with Crippen LogP contribution < -0.4 is 5.32 Å². The maximum atomic E-state index is 9.50. The Hall–Kier alpha value is -1.45. The third-order valence-corrected chi connectivity index (χ3v) is 1.71. The number of fused-ring (bicyclic) bond motifs is 1. The van der Waals surface area contributed by atoms with Crippen molar-refractivity contribution in [2.24, 2.45) is 0 Å². The molecule has 0 bridgehead atoms. The van der Waals surface area contributed by atoms with Crippen LogP contribution in [0.25, 0.3) is 11.2 Å². The second kappa shape index (κ2) is 5.05. The Balaban J connectivity index is 0.00000128. The summed E-state index contributed by atoms with van der Waals surface area (Å²) in [6.07, 6.45) is 1.16. The molecule has 0 aromatic carbocycles. The van der Waals surface area contributed by atoms with Crippen LogP contribution in [0.1, 0.15) is 6.92 Å². The van der Waals surface area contributed by atoms with Crippen molar-refractivity contribution < 1.29 is 10.2 Å². The van der Waals surface area contributed by atoms with Crippen LogP contribution in [-0.2, 0) is 0 Å². The lowest BCUT2D eigenvalue weighted by Gasteiger charge is -2.03. The summed E-state index contributed by atoms with van der Waals surface area (Å²) in [5, 5.41) is 21.4. The summed E-state index contributed by atoms with van der Waals surface area (Å²) in [6, 6.07) is 0. The fourth-order valence-electron chi connectivity index (χ4n) is 1.12. The normalized spacial score (nSPS) is 9.81. The average Bonchev–Trinajstić information content (AvgIpc) is 2.20. The lowest BCUT2D eigenvalue weighted by Crippen LogP contribution is -2.03. The molecule has 0 saturated heterocycles. The van der Waals surface area contributed by atoms with E-state index >= 15 is 0 Å². The number of nitrogens with one attached hydrogen (secondary N) is 1. The van der Waals surface area contributed by atoms with Crippen molar-refractivity contribution in [3.8, 4) is 11.8 Å². The van der Waals surface area contributed by atoms with Gasteiger partial charge in [-0.3, -0.25) is 0 Å². The quantitative estimate of drug-likeness (QED) is 0.700. The number of halogens is 1. The summed E-state index contributed by atoms with van der Waals surface area (Å²) >= 11 is 0. The molecule has 0 radical (unpaired) electrons. The van der Waals surface area contributed by atoms with E-state index in [4.69, 9.17) is 5.11 Å². The molecule has 3 N–H and O–H groups in total. The van der Waals surface area contributed by atoms with Gasteiger partial charge in [0.1, 0.15) is 0 Å². The van der Waals surface area contributed by atoms with Gasteiger partial charge >= 0.3 is 0 Å². The summed E-state index contributed by atoms with van der Waals surface area (Å²) in [7, 11) is 0. The van der Waals surface area contributed by atoms with Gasteiger partial charge in [-0.05, 0) is 6.92 Å². The Kier molecular flexibility index (Phi) is 3.99. The molecular formula is C8H10IN5O2. The van der Waals surface area contributed by atoms with Gasteiger partial charge in [0.15, 0.2) is 11.2 Å². The first-order valence-electron chi connectivity index (χ1n) is 4.37. The molecule has 2 aromatic rings. The Bertz CT molecular complexity index is 507. The van der Waals surface area contributed by atoms with Gasteiger partial charge in [0.05, 0.1) is 6.20 Å². The van der Waals surface area contributed by atoms with Crippen molar-refractivity contribution in [2.45, 2.75) is 6.92 Å². The minimum atomic E-state index is -0.306. The van der Waals surface area contributed by atoms with Gasteiger partial charge in [0.2, 0.25) is 17.7 Å². The van der Waals surface area contributed by atoms with E-state index in [9.17, 15) is 5.11 Å². The minimum absolute atomic E-state index is 0. The molecule has 86 valence electrons. The SMILES string of the molecule is CCNc1nc(O)c2nc(O)cnc2n1.I. The molecule has 0 unspecified atom stereocenters. The fourth-order valence-corrected chi connectivity index (χ4v) is 1.12. The van der Waals surface area contributed by atoms with Gasteiger partial charge in [0.25, 0.3) is 0 Å². The Morgan fingerprint density at radius 3 is 2.69 bits per heavy atom. The summed E-state index contributed by atoms with van der Waals surface area (Å²) in [4.78, 5) is 15.2. The van der Waals surface area contributed by atoms with Crippen LogP contribution in [0.2, 0.25) is 0 Å².